The molecule has 0 bridgehead atoms. The van der Waals surface area contributed by atoms with E-state index in [2.05, 4.69) is 15.4 Å². The first kappa shape index (κ1) is 22.5. The van der Waals surface area contributed by atoms with Gasteiger partial charge in [-0.1, -0.05) is 0 Å². The zero-order valence-electron chi connectivity index (χ0n) is 15.2. The summed E-state index contributed by atoms with van der Waals surface area (Å²) < 4.78 is 32.1. The third-order valence-corrected chi connectivity index (χ3v) is 5.05. The minimum atomic E-state index is -3.73. The summed E-state index contributed by atoms with van der Waals surface area (Å²) in [6, 6.07) is 6.60. The summed E-state index contributed by atoms with van der Waals surface area (Å²) >= 11 is 0. The van der Waals surface area contributed by atoms with Gasteiger partial charge >= 0.3 is 0 Å². The van der Waals surface area contributed by atoms with Crippen molar-refractivity contribution in [1.82, 2.24) is 10.6 Å². The average molecular weight is 406 g/mol. The first-order chi connectivity index (χ1) is 11.8. The molecule has 1 aliphatic rings. The second-order valence-corrected chi connectivity index (χ2v) is 8.27. The molecule has 1 fully saturated rings. The Hall–Kier alpha value is -1.51. The fourth-order valence-corrected chi connectivity index (χ4v) is 3.70. The molecule has 1 aromatic carbocycles. The Morgan fingerprint density at radius 1 is 1.31 bits per heavy atom. The highest BCUT2D eigenvalue weighted by atomic mass is 35.5. The van der Waals surface area contributed by atoms with Gasteiger partial charge in [-0.15, -0.1) is 12.4 Å². The van der Waals surface area contributed by atoms with Gasteiger partial charge in [-0.25, -0.2) is 8.42 Å². The molecule has 9 heteroatoms. The van der Waals surface area contributed by atoms with E-state index in [1.54, 1.807) is 24.3 Å². The van der Waals surface area contributed by atoms with Gasteiger partial charge in [0.15, 0.2) is 0 Å². The minimum Gasteiger partial charge on any atom is -0.491 e. The van der Waals surface area contributed by atoms with Crippen LogP contribution in [0.1, 0.15) is 26.7 Å². The molecule has 1 saturated heterocycles. The standard InChI is InChI=1S/C17H27N3O4S.ClH/c1-13(2)24-16-5-3-15(4-6-16)20-25(22,23)12-17(21)19-10-8-14-7-9-18-11-14;/h3-6,13-14,18,20H,7-12H2,1-2H3,(H,19,21);1H. The first-order valence-corrected chi connectivity index (χ1v) is 10.2. The summed E-state index contributed by atoms with van der Waals surface area (Å²) in [5, 5.41) is 5.94. The normalized spacial score (nSPS) is 16.8. The van der Waals surface area contributed by atoms with Gasteiger partial charge in [-0.05, 0) is 70.0 Å². The fraction of sp³-hybridized carbons (Fsp3) is 0.588. The quantitative estimate of drug-likeness (QED) is 0.581. The highest BCUT2D eigenvalue weighted by Gasteiger charge is 2.18. The SMILES string of the molecule is CC(C)Oc1ccc(NS(=O)(=O)CC(=O)NCCC2CCNC2)cc1.Cl. The Morgan fingerprint density at radius 2 is 2.00 bits per heavy atom. The molecule has 1 amide bonds. The smallest absolute Gasteiger partial charge is 0.241 e. The van der Waals surface area contributed by atoms with E-state index in [4.69, 9.17) is 4.74 Å². The lowest BCUT2D eigenvalue weighted by molar-refractivity contribution is -0.118. The third kappa shape index (κ3) is 8.25. The van der Waals surface area contributed by atoms with E-state index >= 15 is 0 Å². The van der Waals surface area contributed by atoms with Gasteiger partial charge in [-0.2, -0.15) is 0 Å². The zero-order valence-corrected chi connectivity index (χ0v) is 16.8. The van der Waals surface area contributed by atoms with Gasteiger partial charge in [0.1, 0.15) is 11.5 Å². The summed E-state index contributed by atoms with van der Waals surface area (Å²) in [6.07, 6.45) is 2.02. The largest absolute Gasteiger partial charge is 0.491 e. The van der Waals surface area contributed by atoms with Crippen molar-refractivity contribution in [3.8, 4) is 5.75 Å². The number of benzene rings is 1. The van der Waals surface area contributed by atoms with E-state index in [9.17, 15) is 13.2 Å². The van der Waals surface area contributed by atoms with Crippen LogP contribution in [0, 0.1) is 5.92 Å². The van der Waals surface area contributed by atoms with Crippen molar-refractivity contribution in [2.45, 2.75) is 32.8 Å². The van der Waals surface area contributed by atoms with Crippen LogP contribution < -0.4 is 20.1 Å². The molecule has 0 radical (unpaired) electrons. The topological polar surface area (TPSA) is 96.5 Å². The molecule has 148 valence electrons. The van der Waals surface area contributed by atoms with Crippen molar-refractivity contribution in [1.29, 1.82) is 0 Å². The molecule has 7 nitrogen and oxygen atoms in total. The zero-order chi connectivity index (χ0) is 18.3. The van der Waals surface area contributed by atoms with Crippen LogP contribution in [0.2, 0.25) is 0 Å². The molecule has 1 aliphatic heterocycles. The number of hydrogen-bond acceptors (Lipinski definition) is 5. The average Bonchev–Trinajstić information content (AvgIpc) is 3.01. The van der Waals surface area contributed by atoms with Crippen LogP contribution >= 0.6 is 12.4 Å². The van der Waals surface area contributed by atoms with Crippen molar-refractivity contribution < 1.29 is 17.9 Å². The summed E-state index contributed by atoms with van der Waals surface area (Å²) in [5.41, 5.74) is 0.404. The number of anilines is 1. The second kappa shape index (κ2) is 10.6. The number of rotatable bonds is 9. The summed E-state index contributed by atoms with van der Waals surface area (Å²) in [4.78, 5) is 11.8. The van der Waals surface area contributed by atoms with Crippen molar-refractivity contribution in [3.05, 3.63) is 24.3 Å². The maximum absolute atomic E-state index is 12.1. The molecule has 2 rings (SSSR count). The van der Waals surface area contributed by atoms with Crippen LogP contribution in [0.5, 0.6) is 5.75 Å². The van der Waals surface area contributed by atoms with E-state index < -0.39 is 21.7 Å². The molecule has 1 heterocycles. The number of carbonyl (C=O) groups is 1. The van der Waals surface area contributed by atoms with Gasteiger partial charge in [0.2, 0.25) is 15.9 Å². The number of nitrogens with one attached hydrogen (secondary N) is 3. The predicted molar refractivity (Wildman–Crippen MR) is 105 cm³/mol. The summed E-state index contributed by atoms with van der Waals surface area (Å²) in [6.45, 7) is 6.31. The summed E-state index contributed by atoms with van der Waals surface area (Å²) in [5.74, 6) is 0.150. The van der Waals surface area contributed by atoms with Crippen LogP contribution in [0.4, 0.5) is 5.69 Å². The molecule has 0 spiro atoms. The van der Waals surface area contributed by atoms with Gasteiger partial charge in [-0.3, -0.25) is 9.52 Å². The maximum atomic E-state index is 12.1. The van der Waals surface area contributed by atoms with Crippen molar-refractivity contribution in [3.63, 3.8) is 0 Å². The van der Waals surface area contributed by atoms with Crippen molar-refractivity contribution >= 4 is 34.0 Å². The molecule has 1 aromatic rings. The third-order valence-electron chi connectivity index (χ3n) is 3.86. The van der Waals surface area contributed by atoms with E-state index in [-0.39, 0.29) is 18.5 Å². The van der Waals surface area contributed by atoms with Crippen molar-refractivity contribution in [2.24, 2.45) is 5.92 Å². The Bertz CT molecular complexity index is 659. The lowest BCUT2D eigenvalue weighted by Crippen LogP contribution is -2.34. The lowest BCUT2D eigenvalue weighted by Gasteiger charge is -2.12. The monoisotopic (exact) mass is 405 g/mol. The van der Waals surface area contributed by atoms with Gasteiger partial charge in [0.05, 0.1) is 6.10 Å². The van der Waals surface area contributed by atoms with Crippen LogP contribution in [0.3, 0.4) is 0 Å². The van der Waals surface area contributed by atoms with E-state index in [0.29, 0.717) is 23.9 Å². The van der Waals surface area contributed by atoms with Crippen LogP contribution in [0.25, 0.3) is 0 Å². The molecule has 26 heavy (non-hydrogen) atoms. The maximum Gasteiger partial charge on any atom is 0.241 e. The molecule has 0 aromatic heterocycles. The Morgan fingerprint density at radius 3 is 2.58 bits per heavy atom. The number of amides is 1. The van der Waals surface area contributed by atoms with Gasteiger partial charge in [0, 0.05) is 12.2 Å². The van der Waals surface area contributed by atoms with E-state index in [1.807, 2.05) is 13.8 Å². The van der Waals surface area contributed by atoms with Gasteiger partial charge < -0.3 is 15.4 Å². The number of halogens is 1. The molecule has 0 aliphatic carbocycles. The van der Waals surface area contributed by atoms with Crippen LogP contribution in [-0.4, -0.2) is 45.8 Å². The number of sulfonamides is 1. The molecular formula is C17H28ClN3O4S. The molecule has 0 saturated carbocycles. The number of ether oxygens (including phenoxy) is 1. The van der Waals surface area contributed by atoms with Gasteiger partial charge in [0.25, 0.3) is 0 Å². The Labute approximate surface area is 161 Å². The number of carbonyl (C=O) groups excluding carboxylic acids is 1. The molecule has 1 unspecified atom stereocenters. The van der Waals surface area contributed by atoms with Crippen LogP contribution in [0.15, 0.2) is 24.3 Å². The van der Waals surface area contributed by atoms with E-state index in [0.717, 1.165) is 25.9 Å². The first-order valence-electron chi connectivity index (χ1n) is 8.59. The lowest BCUT2D eigenvalue weighted by atomic mass is 10.1. The van der Waals surface area contributed by atoms with E-state index in [1.165, 1.54) is 0 Å². The Kier molecular flexibility index (Phi) is 9.18. The predicted octanol–water partition coefficient (Wildman–Crippen LogP) is 1.75. The Balaban J connectivity index is 0.00000338. The highest BCUT2D eigenvalue weighted by Crippen LogP contribution is 2.18. The molecular weight excluding hydrogens is 378 g/mol. The summed E-state index contributed by atoms with van der Waals surface area (Å²) in [7, 11) is -3.73. The highest BCUT2D eigenvalue weighted by molar-refractivity contribution is 7.93. The van der Waals surface area contributed by atoms with Crippen LogP contribution in [-0.2, 0) is 14.8 Å². The number of hydrogen-bond donors (Lipinski definition) is 3. The second-order valence-electron chi connectivity index (χ2n) is 6.55. The molecule has 1 atom stereocenters. The minimum absolute atomic E-state index is 0. The fourth-order valence-electron chi connectivity index (χ4n) is 2.69. The van der Waals surface area contributed by atoms with Crippen molar-refractivity contribution in [2.75, 3.05) is 30.1 Å². The molecule has 3 N–H and O–H groups in total.